The van der Waals surface area contributed by atoms with E-state index in [-0.39, 0.29) is 18.1 Å². The molecule has 0 aliphatic carbocycles. The molecule has 2 aromatic rings. The fraction of sp³-hybridized carbons (Fsp3) is 0.516. The summed E-state index contributed by atoms with van der Waals surface area (Å²) in [5.74, 6) is -1.67. The molecule has 3 rings (SSSR count). The third-order valence-electron chi connectivity index (χ3n) is 7.72. The molecule has 5 atom stereocenters. The maximum Gasteiger partial charge on any atom is 0.309 e. The second-order valence-electron chi connectivity index (χ2n) is 11.0. The molecule has 1 aromatic carbocycles. The first-order valence-electron chi connectivity index (χ1n) is 13.3. The minimum atomic E-state index is -1.27. The first kappa shape index (κ1) is 28.7. The Bertz CT molecular complexity index is 1140. The highest BCUT2D eigenvalue weighted by Gasteiger charge is 2.43. The molecule has 0 amide bonds. The number of fused-ring (bicyclic) bond motifs is 1. The minimum Gasteiger partial charge on any atom is -0.455 e. The van der Waals surface area contributed by atoms with Gasteiger partial charge in [-0.15, -0.1) is 6.58 Å². The summed E-state index contributed by atoms with van der Waals surface area (Å²) in [5.41, 5.74) is 1.37. The first-order valence-corrected chi connectivity index (χ1v) is 13.3. The third kappa shape index (κ3) is 7.14. The molecule has 200 valence electrons. The zero-order chi connectivity index (χ0) is 27.2. The normalized spacial score (nSPS) is 29.8. The van der Waals surface area contributed by atoms with E-state index in [4.69, 9.17) is 9.72 Å². The summed E-state index contributed by atoms with van der Waals surface area (Å²) in [7, 11) is 0. The molecule has 2 heterocycles. The zero-order valence-electron chi connectivity index (χ0n) is 22.5. The van der Waals surface area contributed by atoms with E-state index >= 15 is 0 Å². The highest BCUT2D eigenvalue weighted by Crippen LogP contribution is 2.34. The van der Waals surface area contributed by atoms with Crippen LogP contribution in [0.15, 0.2) is 60.7 Å². The van der Waals surface area contributed by atoms with E-state index in [1.54, 1.807) is 19.9 Å². The van der Waals surface area contributed by atoms with Gasteiger partial charge >= 0.3 is 5.97 Å². The average molecular weight is 508 g/mol. The molecule has 0 saturated carbocycles. The van der Waals surface area contributed by atoms with E-state index in [9.17, 15) is 19.8 Å². The monoisotopic (exact) mass is 507 g/mol. The van der Waals surface area contributed by atoms with Crippen LogP contribution in [0, 0.1) is 17.3 Å². The van der Waals surface area contributed by atoms with Crippen LogP contribution in [-0.2, 0) is 14.3 Å². The number of carbonyl (C=O) groups is 2. The lowest BCUT2D eigenvalue weighted by molar-refractivity contribution is -0.156. The molecule has 1 aliphatic rings. The Morgan fingerprint density at radius 3 is 2.62 bits per heavy atom. The van der Waals surface area contributed by atoms with E-state index in [1.807, 2.05) is 50.2 Å². The van der Waals surface area contributed by atoms with Gasteiger partial charge in [-0.05, 0) is 50.7 Å². The molecular formula is C31H41NO5. The van der Waals surface area contributed by atoms with Gasteiger partial charge in [0.1, 0.15) is 11.9 Å². The van der Waals surface area contributed by atoms with Crippen molar-refractivity contribution in [1.29, 1.82) is 0 Å². The van der Waals surface area contributed by atoms with E-state index < -0.39 is 35.6 Å². The molecule has 0 unspecified atom stereocenters. The van der Waals surface area contributed by atoms with Crippen molar-refractivity contribution in [3.05, 3.63) is 66.4 Å². The van der Waals surface area contributed by atoms with Crippen molar-refractivity contribution in [2.45, 2.75) is 84.5 Å². The van der Waals surface area contributed by atoms with Crippen LogP contribution in [0.3, 0.4) is 0 Å². The van der Waals surface area contributed by atoms with Crippen LogP contribution in [0.2, 0.25) is 0 Å². The number of Topliss-reactive ketones (excluding diaryl/α,β-unsaturated/α-hetero) is 1. The second kappa shape index (κ2) is 12.6. The van der Waals surface area contributed by atoms with Crippen LogP contribution < -0.4 is 0 Å². The molecule has 0 radical (unpaired) electrons. The first-order chi connectivity index (χ1) is 17.5. The van der Waals surface area contributed by atoms with Gasteiger partial charge in [-0.3, -0.25) is 9.59 Å². The summed E-state index contributed by atoms with van der Waals surface area (Å²) >= 11 is 0. The van der Waals surface area contributed by atoms with Crippen molar-refractivity contribution in [3.8, 4) is 0 Å². The molecule has 0 fully saturated rings. The number of rotatable bonds is 3. The van der Waals surface area contributed by atoms with Crippen molar-refractivity contribution < 1.29 is 24.5 Å². The SMILES string of the molecule is C=CC[C@H]1C(=O)C(C)(C)[C@@H](O)CC(=O)O[C@H](c2ccc3ccccc3n2)C/C=C(/C)CCC[C@H](C)[C@@H]1O. The van der Waals surface area contributed by atoms with Crippen LogP contribution in [0.1, 0.15) is 78.0 Å². The number of esters is 1. The number of aliphatic hydroxyl groups is 2. The number of carbonyl (C=O) groups excluding carboxylic acids is 2. The number of ether oxygens (including phenoxy) is 1. The number of hydrogen-bond donors (Lipinski definition) is 2. The highest BCUT2D eigenvalue weighted by atomic mass is 16.5. The topological polar surface area (TPSA) is 96.7 Å². The highest BCUT2D eigenvalue weighted by molar-refractivity contribution is 5.88. The summed E-state index contributed by atoms with van der Waals surface area (Å²) < 4.78 is 5.86. The summed E-state index contributed by atoms with van der Waals surface area (Å²) in [6, 6.07) is 11.6. The van der Waals surface area contributed by atoms with Crippen LogP contribution in [0.4, 0.5) is 0 Å². The van der Waals surface area contributed by atoms with Crippen LogP contribution in [0.25, 0.3) is 10.9 Å². The number of pyridine rings is 1. The standard InChI is InChI=1S/C31H41NO5/c1-6-10-23-29(35)21(3)12-9-11-20(2)15-18-26(25-17-16-22-13-7-8-14-24(22)32-25)37-28(34)19-27(33)31(4,5)30(23)36/h6-8,13-17,21,23,26-27,29,33,35H,1,9-12,18-19H2,2-5H3/b20-15-/t21-,23+,26-,27-,29-/m0/s1. The third-order valence-corrected chi connectivity index (χ3v) is 7.72. The fourth-order valence-electron chi connectivity index (χ4n) is 5.01. The lowest BCUT2D eigenvalue weighted by atomic mass is 9.71. The Morgan fingerprint density at radius 2 is 1.89 bits per heavy atom. The molecule has 1 aliphatic heterocycles. The fourth-order valence-corrected chi connectivity index (χ4v) is 5.01. The minimum absolute atomic E-state index is 0.0953. The number of nitrogens with zero attached hydrogens (tertiary/aromatic N) is 1. The molecule has 2 N–H and O–H groups in total. The van der Waals surface area contributed by atoms with Gasteiger partial charge < -0.3 is 14.9 Å². The quantitative estimate of drug-likeness (QED) is 0.398. The van der Waals surface area contributed by atoms with Crippen molar-refractivity contribution in [1.82, 2.24) is 4.98 Å². The van der Waals surface area contributed by atoms with Gasteiger partial charge in [-0.25, -0.2) is 4.98 Å². The number of ketones is 1. The van der Waals surface area contributed by atoms with Gasteiger partial charge in [0.15, 0.2) is 0 Å². The number of allylic oxidation sites excluding steroid dienone is 2. The molecule has 0 saturated heterocycles. The molecule has 6 nitrogen and oxygen atoms in total. The summed E-state index contributed by atoms with van der Waals surface area (Å²) in [4.78, 5) is 31.3. The van der Waals surface area contributed by atoms with Gasteiger partial charge in [-0.1, -0.05) is 62.8 Å². The number of hydrogen-bond acceptors (Lipinski definition) is 6. The van der Waals surface area contributed by atoms with Gasteiger partial charge in [0.2, 0.25) is 0 Å². The maximum atomic E-state index is 13.5. The summed E-state index contributed by atoms with van der Waals surface area (Å²) in [6.45, 7) is 11.0. The second-order valence-corrected chi connectivity index (χ2v) is 11.0. The van der Waals surface area contributed by atoms with Crippen LogP contribution in [-0.4, -0.2) is 39.2 Å². The average Bonchev–Trinajstić information content (AvgIpc) is 2.87. The maximum absolute atomic E-state index is 13.5. The zero-order valence-corrected chi connectivity index (χ0v) is 22.5. The van der Waals surface area contributed by atoms with Crippen LogP contribution in [0.5, 0.6) is 0 Å². The lowest BCUT2D eigenvalue weighted by Gasteiger charge is -2.35. The molecule has 0 bridgehead atoms. The molecule has 6 heteroatoms. The summed E-state index contributed by atoms with van der Waals surface area (Å²) in [5, 5.41) is 23.1. The van der Waals surface area contributed by atoms with Crippen molar-refractivity contribution in [2.75, 3.05) is 0 Å². The van der Waals surface area contributed by atoms with Crippen molar-refractivity contribution >= 4 is 22.7 Å². The van der Waals surface area contributed by atoms with Crippen molar-refractivity contribution in [2.24, 2.45) is 17.3 Å². The van der Waals surface area contributed by atoms with Gasteiger partial charge in [0.25, 0.3) is 0 Å². The molecular weight excluding hydrogens is 466 g/mol. The smallest absolute Gasteiger partial charge is 0.309 e. The number of para-hydroxylation sites is 1. The van der Waals surface area contributed by atoms with Gasteiger partial charge in [-0.2, -0.15) is 0 Å². The number of cyclic esters (lactones) is 1. The lowest BCUT2D eigenvalue weighted by Crippen LogP contribution is -2.46. The number of aliphatic hydroxyl groups excluding tert-OH is 2. The van der Waals surface area contributed by atoms with Gasteiger partial charge in [0.05, 0.1) is 35.3 Å². The predicted molar refractivity (Wildman–Crippen MR) is 146 cm³/mol. The van der Waals surface area contributed by atoms with E-state index in [0.717, 1.165) is 35.7 Å². The largest absolute Gasteiger partial charge is 0.455 e. The van der Waals surface area contributed by atoms with Crippen molar-refractivity contribution in [3.63, 3.8) is 0 Å². The Labute approximate surface area is 220 Å². The van der Waals surface area contributed by atoms with Crippen LogP contribution >= 0.6 is 0 Å². The van der Waals surface area contributed by atoms with Gasteiger partial charge in [0, 0.05) is 17.7 Å². The summed E-state index contributed by atoms with van der Waals surface area (Å²) in [6.07, 6.45) is 3.86. The van der Waals surface area contributed by atoms with E-state index in [1.165, 1.54) is 0 Å². The molecule has 0 spiro atoms. The van der Waals surface area contributed by atoms with E-state index in [2.05, 4.69) is 12.7 Å². The Balaban J connectivity index is 1.93. The number of aromatic nitrogens is 1. The number of benzene rings is 1. The molecule has 1 aromatic heterocycles. The predicted octanol–water partition coefficient (Wildman–Crippen LogP) is 5.88. The van der Waals surface area contributed by atoms with E-state index in [0.29, 0.717) is 18.5 Å². The molecule has 37 heavy (non-hydrogen) atoms. The Hall–Kier alpha value is -2.83. The Kier molecular flexibility index (Phi) is 9.80. The Morgan fingerprint density at radius 1 is 1.16 bits per heavy atom.